The van der Waals surface area contributed by atoms with E-state index in [9.17, 15) is 0 Å². The minimum absolute atomic E-state index is 0.0596. The molecular formula is C39H31BNO2+. The smallest absolute Gasteiger partial charge is 0.474 e. The molecule has 206 valence electrons. The van der Waals surface area contributed by atoms with Crippen molar-refractivity contribution < 1.29 is 13.8 Å². The molecule has 0 bridgehead atoms. The van der Waals surface area contributed by atoms with E-state index in [2.05, 4.69) is 144 Å². The lowest BCUT2D eigenvalue weighted by Crippen LogP contribution is -2.44. The summed E-state index contributed by atoms with van der Waals surface area (Å²) in [6, 6.07) is 56.8. The first kappa shape index (κ1) is 26.7. The van der Waals surface area contributed by atoms with Gasteiger partial charge in [-0.15, -0.1) is 0 Å². The molecule has 7 rings (SSSR count). The van der Waals surface area contributed by atoms with Gasteiger partial charge in [-0.3, -0.25) is 0 Å². The Morgan fingerprint density at radius 1 is 0.512 bits per heavy atom. The normalized spacial score (nSPS) is 14.7. The molecule has 6 aromatic rings. The molecule has 6 aromatic carbocycles. The van der Waals surface area contributed by atoms with E-state index in [-0.39, 0.29) is 5.92 Å². The Bertz CT molecular complexity index is 1840. The molecule has 1 heterocycles. The van der Waals surface area contributed by atoms with E-state index in [1.165, 1.54) is 27.8 Å². The van der Waals surface area contributed by atoms with E-state index in [1.54, 1.807) is 0 Å². The quantitative estimate of drug-likeness (QED) is 0.183. The van der Waals surface area contributed by atoms with Crippen LogP contribution in [0, 0.1) is 0 Å². The second-order valence-corrected chi connectivity index (χ2v) is 10.7. The van der Waals surface area contributed by atoms with Crippen LogP contribution in [0.5, 0.6) is 5.75 Å². The molecule has 0 spiro atoms. The Balaban J connectivity index is 1.23. The van der Waals surface area contributed by atoms with E-state index in [0.29, 0.717) is 6.61 Å². The first-order valence-corrected chi connectivity index (χ1v) is 14.7. The van der Waals surface area contributed by atoms with E-state index in [0.717, 1.165) is 22.6 Å². The van der Waals surface area contributed by atoms with E-state index >= 15 is 0 Å². The molecule has 1 aliphatic rings. The van der Waals surface area contributed by atoms with Crippen LogP contribution in [0.25, 0.3) is 33.4 Å². The summed E-state index contributed by atoms with van der Waals surface area (Å²) in [6.45, 7) is 0.514. The molecule has 0 fully saturated rings. The molecule has 0 aliphatic carbocycles. The van der Waals surface area contributed by atoms with Gasteiger partial charge in [-0.1, -0.05) is 140 Å². The molecule has 0 saturated carbocycles. The van der Waals surface area contributed by atoms with Crippen LogP contribution in [0.3, 0.4) is 0 Å². The predicted molar refractivity (Wildman–Crippen MR) is 177 cm³/mol. The van der Waals surface area contributed by atoms with Gasteiger partial charge in [-0.25, -0.2) is 4.49 Å². The molecular weight excluding hydrogens is 525 g/mol. The third kappa shape index (κ3) is 6.06. The summed E-state index contributed by atoms with van der Waals surface area (Å²) >= 11 is 0. The summed E-state index contributed by atoms with van der Waals surface area (Å²) in [4.78, 5) is 0. The fraction of sp³-hybridized carbons (Fsp3) is 0.0513. The van der Waals surface area contributed by atoms with E-state index in [4.69, 9.17) is 9.31 Å². The minimum atomic E-state index is -0.609. The van der Waals surface area contributed by atoms with Gasteiger partial charge in [0.05, 0.1) is 12.5 Å². The van der Waals surface area contributed by atoms with Crippen molar-refractivity contribution in [1.82, 2.24) is 0 Å². The molecule has 0 aromatic heterocycles. The van der Waals surface area contributed by atoms with Gasteiger partial charge in [0.25, 0.3) is 0 Å². The molecule has 0 radical (unpaired) electrons. The standard InChI is InChI=1S/C39H31BNO2/c1-4-12-30(13-5-1)33-22-24-39(25-23-33)43-40-41(38-21-11-20-36(27-38)32-16-8-3-9-17-32)28-37(29-42-40)35-19-10-18-34(26-35)31-14-6-2-7-15-31/h1-28,37H,29H2/q+1. The number of hydrogen-bond donors (Lipinski definition) is 0. The van der Waals surface area contributed by atoms with Gasteiger partial charge < -0.3 is 9.31 Å². The van der Waals surface area contributed by atoms with Gasteiger partial charge in [0.15, 0.2) is 5.69 Å². The van der Waals surface area contributed by atoms with Crippen LogP contribution in [0.15, 0.2) is 164 Å². The first-order valence-electron chi connectivity index (χ1n) is 14.7. The molecule has 1 unspecified atom stereocenters. The highest BCUT2D eigenvalue weighted by Gasteiger charge is 2.46. The van der Waals surface area contributed by atoms with Crippen molar-refractivity contribution in [2.24, 2.45) is 0 Å². The minimum Gasteiger partial charge on any atom is -0.474 e. The Labute approximate surface area is 253 Å². The Kier molecular flexibility index (Phi) is 7.67. The van der Waals surface area contributed by atoms with Crippen molar-refractivity contribution >= 4 is 19.2 Å². The average Bonchev–Trinajstić information content (AvgIpc) is 3.10. The molecule has 0 saturated heterocycles. The summed E-state index contributed by atoms with van der Waals surface area (Å²) < 4.78 is 15.1. The molecule has 1 aliphatic heterocycles. The Morgan fingerprint density at radius 2 is 1.02 bits per heavy atom. The molecule has 1 atom stereocenters. The lowest BCUT2D eigenvalue weighted by Gasteiger charge is -2.22. The van der Waals surface area contributed by atoms with Gasteiger partial charge >= 0.3 is 7.25 Å². The summed E-state index contributed by atoms with van der Waals surface area (Å²) in [5.41, 5.74) is 9.25. The highest BCUT2D eigenvalue weighted by Crippen LogP contribution is 2.30. The van der Waals surface area contributed by atoms with Gasteiger partial charge in [0.2, 0.25) is 0 Å². The highest BCUT2D eigenvalue weighted by molar-refractivity contribution is 6.37. The monoisotopic (exact) mass is 556 g/mol. The summed E-state index contributed by atoms with van der Waals surface area (Å²) in [6.07, 6.45) is 2.25. The van der Waals surface area contributed by atoms with Gasteiger partial charge in [0.1, 0.15) is 12.0 Å². The zero-order chi connectivity index (χ0) is 28.8. The van der Waals surface area contributed by atoms with Crippen LogP contribution in [0.1, 0.15) is 11.5 Å². The maximum atomic E-state index is 6.51. The molecule has 4 heteroatoms. The lowest BCUT2D eigenvalue weighted by atomic mass is 9.91. The first-order chi connectivity index (χ1) is 21.3. The van der Waals surface area contributed by atoms with Crippen LogP contribution >= 0.6 is 0 Å². The number of nitrogens with zero attached hydrogens (tertiary/aromatic N) is 1. The Morgan fingerprint density at radius 3 is 1.65 bits per heavy atom. The average molecular weight is 556 g/mol. The number of benzene rings is 6. The fourth-order valence-electron chi connectivity index (χ4n) is 5.58. The maximum Gasteiger partial charge on any atom is 0.921 e. The zero-order valence-corrected chi connectivity index (χ0v) is 23.8. The van der Waals surface area contributed by atoms with Crippen molar-refractivity contribution in [3.63, 3.8) is 0 Å². The predicted octanol–water partition coefficient (Wildman–Crippen LogP) is 9.28. The third-order valence-electron chi connectivity index (χ3n) is 7.86. The molecule has 0 N–H and O–H groups in total. The second kappa shape index (κ2) is 12.4. The van der Waals surface area contributed by atoms with Crippen molar-refractivity contribution in [3.05, 3.63) is 169 Å². The largest absolute Gasteiger partial charge is 0.921 e. The third-order valence-corrected chi connectivity index (χ3v) is 7.86. The fourth-order valence-corrected chi connectivity index (χ4v) is 5.58. The summed E-state index contributed by atoms with van der Waals surface area (Å²) in [5.74, 6) is 0.816. The SMILES string of the molecule is C1=[N+](c2cccc(-c3ccccc3)c2)B(Oc2ccc(-c3ccccc3)cc2)OCC1c1cccc(-c2ccccc2)c1. The maximum absolute atomic E-state index is 6.51. The van der Waals surface area contributed by atoms with Crippen LogP contribution in [-0.4, -0.2) is 24.6 Å². The number of hydrogen-bond acceptors (Lipinski definition) is 2. The van der Waals surface area contributed by atoms with Crippen molar-refractivity contribution in [1.29, 1.82) is 0 Å². The van der Waals surface area contributed by atoms with Crippen LogP contribution in [0.4, 0.5) is 5.69 Å². The van der Waals surface area contributed by atoms with E-state index in [1.807, 2.05) is 30.3 Å². The van der Waals surface area contributed by atoms with E-state index < -0.39 is 7.25 Å². The van der Waals surface area contributed by atoms with Crippen molar-refractivity contribution in [3.8, 4) is 39.1 Å². The van der Waals surface area contributed by atoms with Crippen LogP contribution in [-0.2, 0) is 4.65 Å². The van der Waals surface area contributed by atoms with Gasteiger partial charge in [-0.2, -0.15) is 0 Å². The van der Waals surface area contributed by atoms with Crippen molar-refractivity contribution in [2.45, 2.75) is 5.92 Å². The molecule has 0 amide bonds. The van der Waals surface area contributed by atoms with Crippen LogP contribution < -0.4 is 4.65 Å². The Hall–Kier alpha value is -5.19. The van der Waals surface area contributed by atoms with Gasteiger partial charge in [0, 0.05) is 12.1 Å². The zero-order valence-electron chi connectivity index (χ0n) is 23.8. The highest BCUT2D eigenvalue weighted by atomic mass is 16.6. The van der Waals surface area contributed by atoms with Crippen molar-refractivity contribution in [2.75, 3.05) is 6.61 Å². The topological polar surface area (TPSA) is 21.5 Å². The molecule has 3 nitrogen and oxygen atoms in total. The van der Waals surface area contributed by atoms with Gasteiger partial charge in [-0.05, 0) is 51.1 Å². The number of rotatable bonds is 7. The summed E-state index contributed by atoms with van der Waals surface area (Å²) in [7, 11) is -0.609. The lowest BCUT2D eigenvalue weighted by molar-refractivity contribution is -0.330. The second-order valence-electron chi connectivity index (χ2n) is 10.7. The van der Waals surface area contributed by atoms with Crippen LogP contribution in [0.2, 0.25) is 0 Å². The summed E-state index contributed by atoms with van der Waals surface area (Å²) in [5, 5.41) is 0. The molecule has 43 heavy (non-hydrogen) atoms.